The van der Waals surface area contributed by atoms with Gasteiger partial charge in [0.15, 0.2) is 0 Å². The molecule has 0 amide bonds. The second kappa shape index (κ2) is 6.09. The fraction of sp³-hybridized carbons (Fsp3) is 0.217. The maximum absolute atomic E-state index is 6.19. The van der Waals surface area contributed by atoms with Gasteiger partial charge in [0.2, 0.25) is 0 Å². The van der Waals surface area contributed by atoms with Crippen LogP contribution in [0.5, 0.6) is 5.75 Å². The van der Waals surface area contributed by atoms with Gasteiger partial charge in [-0.2, -0.15) is 0 Å². The topological polar surface area (TPSA) is 66.6 Å². The van der Waals surface area contributed by atoms with E-state index in [9.17, 15) is 0 Å². The molecular formula is C23H26N4O. The van der Waals surface area contributed by atoms with Crippen LogP contribution in [-0.2, 0) is 6.61 Å². The predicted octanol–water partition coefficient (Wildman–Crippen LogP) is 5.75. The number of hydrogen-bond donors (Lipinski definition) is 2. The monoisotopic (exact) mass is 374 g/mol. The molecule has 5 nitrogen and oxygen atoms in total. The highest BCUT2D eigenvalue weighted by atomic mass is 16.5. The first-order chi connectivity index (χ1) is 13.5. The number of ether oxygens (including phenoxy) is 1. The maximum Gasteiger partial charge on any atom is 0.128 e. The van der Waals surface area contributed by atoms with Gasteiger partial charge in [-0.3, -0.25) is 0 Å². The number of imidazole rings is 2. The van der Waals surface area contributed by atoms with Gasteiger partial charge in [0.25, 0.3) is 0 Å². The SMILES string of the molecule is Cc1ncc(-c2cc(C)c3c(c2)COc2cc(-c4cnc(C)[nH]4)cc(C)c2-3)[nH]1.[HH].[HH]. The molecule has 3 heterocycles. The van der Waals surface area contributed by atoms with Crippen molar-refractivity contribution in [3.63, 3.8) is 0 Å². The first-order valence-electron chi connectivity index (χ1n) is 9.45. The summed E-state index contributed by atoms with van der Waals surface area (Å²) in [5, 5.41) is 0. The zero-order valence-electron chi connectivity index (χ0n) is 16.5. The largest absolute Gasteiger partial charge is 0.488 e. The molecule has 0 spiro atoms. The first-order valence-corrected chi connectivity index (χ1v) is 9.45. The summed E-state index contributed by atoms with van der Waals surface area (Å²) < 4.78 is 6.19. The van der Waals surface area contributed by atoms with Crippen LogP contribution in [-0.4, -0.2) is 19.9 Å². The zero-order valence-corrected chi connectivity index (χ0v) is 16.5. The van der Waals surface area contributed by atoms with Gasteiger partial charge >= 0.3 is 0 Å². The van der Waals surface area contributed by atoms with Crippen molar-refractivity contribution in [2.45, 2.75) is 34.3 Å². The second-order valence-electron chi connectivity index (χ2n) is 7.55. The molecule has 0 saturated heterocycles. The van der Waals surface area contributed by atoms with Gasteiger partial charge in [0.1, 0.15) is 24.0 Å². The molecule has 2 N–H and O–H groups in total. The molecule has 0 aliphatic carbocycles. The first kappa shape index (κ1) is 16.8. The van der Waals surface area contributed by atoms with E-state index in [1.54, 1.807) is 0 Å². The van der Waals surface area contributed by atoms with Crippen LogP contribution in [0.3, 0.4) is 0 Å². The lowest BCUT2D eigenvalue weighted by Gasteiger charge is -2.25. The number of nitrogens with one attached hydrogen (secondary N) is 2. The summed E-state index contributed by atoms with van der Waals surface area (Å²) in [5.74, 6) is 2.77. The summed E-state index contributed by atoms with van der Waals surface area (Å²) >= 11 is 0. The summed E-state index contributed by atoms with van der Waals surface area (Å²) in [4.78, 5) is 15.3. The Hall–Kier alpha value is -3.34. The van der Waals surface area contributed by atoms with Gasteiger partial charge in [-0.05, 0) is 74.2 Å². The Balaban J connectivity index is 0.00000128. The normalized spacial score (nSPS) is 12.4. The quantitative estimate of drug-likeness (QED) is 0.469. The molecule has 2 aromatic carbocycles. The molecule has 5 heteroatoms. The Bertz CT molecular complexity index is 1130. The van der Waals surface area contributed by atoms with Crippen molar-refractivity contribution in [2.24, 2.45) is 0 Å². The van der Waals surface area contributed by atoms with Crippen molar-refractivity contribution >= 4 is 0 Å². The predicted molar refractivity (Wildman–Crippen MR) is 115 cm³/mol. The molecule has 0 atom stereocenters. The molecule has 0 bridgehead atoms. The molecule has 2 aromatic heterocycles. The van der Waals surface area contributed by atoms with Gasteiger partial charge in [-0.15, -0.1) is 0 Å². The van der Waals surface area contributed by atoms with E-state index >= 15 is 0 Å². The molecule has 4 aromatic rings. The van der Waals surface area contributed by atoms with Gasteiger partial charge in [0.05, 0.1) is 23.8 Å². The molecule has 5 rings (SSSR count). The van der Waals surface area contributed by atoms with Crippen LogP contribution in [0.15, 0.2) is 36.7 Å². The third kappa shape index (κ3) is 2.62. The van der Waals surface area contributed by atoms with E-state index < -0.39 is 0 Å². The molecule has 0 radical (unpaired) electrons. The van der Waals surface area contributed by atoms with Crippen molar-refractivity contribution in [2.75, 3.05) is 0 Å². The Morgan fingerprint density at radius 3 is 1.93 bits per heavy atom. The Kier molecular flexibility index (Phi) is 3.66. The van der Waals surface area contributed by atoms with E-state index in [-0.39, 0.29) is 2.85 Å². The van der Waals surface area contributed by atoms with E-state index in [0.717, 1.165) is 39.9 Å². The van der Waals surface area contributed by atoms with Crippen LogP contribution in [0.4, 0.5) is 0 Å². The number of aryl methyl sites for hydroxylation is 4. The third-order valence-electron chi connectivity index (χ3n) is 5.38. The minimum atomic E-state index is 0. The molecule has 1 aliphatic rings. The van der Waals surface area contributed by atoms with E-state index in [1.807, 2.05) is 26.2 Å². The highest BCUT2D eigenvalue weighted by molar-refractivity contribution is 5.85. The van der Waals surface area contributed by atoms with Crippen molar-refractivity contribution in [3.8, 4) is 39.4 Å². The van der Waals surface area contributed by atoms with E-state index in [2.05, 4.69) is 58.0 Å². The summed E-state index contributed by atoms with van der Waals surface area (Å²) in [6.45, 7) is 8.82. The number of aromatic amines is 2. The number of fused-ring (bicyclic) bond motifs is 3. The van der Waals surface area contributed by atoms with Crippen molar-refractivity contribution in [3.05, 3.63) is 65.0 Å². The lowest BCUT2D eigenvalue weighted by molar-refractivity contribution is 0.302. The van der Waals surface area contributed by atoms with Crippen LogP contribution in [0.25, 0.3) is 33.6 Å². The molecular weight excluding hydrogens is 348 g/mol. The lowest BCUT2D eigenvalue weighted by Crippen LogP contribution is -2.09. The maximum atomic E-state index is 6.19. The molecule has 28 heavy (non-hydrogen) atoms. The van der Waals surface area contributed by atoms with E-state index in [0.29, 0.717) is 6.61 Å². The van der Waals surface area contributed by atoms with Gasteiger partial charge in [-0.1, -0.05) is 0 Å². The van der Waals surface area contributed by atoms with Crippen LogP contribution in [0.2, 0.25) is 0 Å². The molecule has 0 unspecified atom stereocenters. The number of nitrogens with zero attached hydrogens (tertiary/aromatic N) is 2. The van der Waals surface area contributed by atoms with Crippen molar-refractivity contribution in [1.29, 1.82) is 0 Å². The standard InChI is InChI=1S/C23H22N4O.2H2/c1-12-5-16(19-9-24-14(3)26-19)7-18-11-28-21-8-17(20-10-25-15(4)27-20)6-13(2)23(21)22(12)18;;/h5-10H,11H2,1-4H3,(H,24,26)(H,25,27);2*1H. The molecule has 1 aliphatic heterocycles. The smallest absolute Gasteiger partial charge is 0.128 e. The highest BCUT2D eigenvalue weighted by Gasteiger charge is 2.23. The Labute approximate surface area is 166 Å². The molecule has 0 fully saturated rings. The number of benzene rings is 2. The van der Waals surface area contributed by atoms with Crippen LogP contribution >= 0.6 is 0 Å². The van der Waals surface area contributed by atoms with Crippen LogP contribution in [0, 0.1) is 27.7 Å². The average molecular weight is 374 g/mol. The van der Waals surface area contributed by atoms with Crippen LogP contribution in [0.1, 0.15) is 31.2 Å². The van der Waals surface area contributed by atoms with E-state index in [4.69, 9.17) is 4.74 Å². The average Bonchev–Trinajstić information content (AvgIpc) is 3.29. The summed E-state index contributed by atoms with van der Waals surface area (Å²) in [7, 11) is 0. The van der Waals surface area contributed by atoms with Crippen molar-refractivity contribution in [1.82, 2.24) is 19.9 Å². The minimum Gasteiger partial charge on any atom is -0.488 e. The fourth-order valence-electron chi connectivity index (χ4n) is 4.12. The summed E-state index contributed by atoms with van der Waals surface area (Å²) in [6, 6.07) is 8.76. The number of aromatic nitrogens is 4. The number of H-pyrrole nitrogens is 2. The minimum absolute atomic E-state index is 0. The van der Waals surface area contributed by atoms with E-state index in [1.165, 1.54) is 27.8 Å². The van der Waals surface area contributed by atoms with Gasteiger partial charge < -0.3 is 14.7 Å². The Morgan fingerprint density at radius 1 is 0.786 bits per heavy atom. The Morgan fingerprint density at radius 2 is 1.36 bits per heavy atom. The number of hydrogen-bond acceptors (Lipinski definition) is 3. The van der Waals surface area contributed by atoms with Crippen LogP contribution < -0.4 is 4.74 Å². The molecule has 0 saturated carbocycles. The van der Waals surface area contributed by atoms with Crippen molar-refractivity contribution < 1.29 is 7.59 Å². The number of rotatable bonds is 2. The van der Waals surface area contributed by atoms with Gasteiger partial charge in [0, 0.05) is 19.5 Å². The zero-order chi connectivity index (χ0) is 19.4. The summed E-state index contributed by atoms with van der Waals surface area (Å²) in [5.41, 5.74) is 10.4. The lowest BCUT2D eigenvalue weighted by atomic mass is 9.87. The second-order valence-corrected chi connectivity index (χ2v) is 7.55. The summed E-state index contributed by atoms with van der Waals surface area (Å²) in [6.07, 6.45) is 3.76. The highest BCUT2D eigenvalue weighted by Crippen LogP contribution is 2.44. The van der Waals surface area contributed by atoms with Gasteiger partial charge in [-0.25, -0.2) is 9.97 Å². The third-order valence-corrected chi connectivity index (χ3v) is 5.38. The fourth-order valence-corrected chi connectivity index (χ4v) is 4.12. The molecule has 144 valence electrons.